The number of primary amides is 1. The van der Waals surface area contributed by atoms with Crippen LogP contribution in [0.3, 0.4) is 0 Å². The lowest BCUT2D eigenvalue weighted by Crippen LogP contribution is -2.51. The van der Waals surface area contributed by atoms with Crippen LogP contribution < -0.4 is 5.73 Å². The van der Waals surface area contributed by atoms with E-state index < -0.39 is 44.3 Å². The number of hydrogen-bond acceptors (Lipinski definition) is 4. The van der Waals surface area contributed by atoms with Gasteiger partial charge in [-0.05, 0) is 61.8 Å². The third-order valence-corrected chi connectivity index (χ3v) is 10.0. The molecule has 0 spiro atoms. The first-order valence-electron chi connectivity index (χ1n) is 12.0. The predicted molar refractivity (Wildman–Crippen MR) is 129 cm³/mol. The number of aliphatic hydroxyl groups excluding tert-OH is 1. The molecule has 2 aliphatic rings. The number of nitrogens with two attached hydrogens (primary N) is 1. The molecule has 2 aromatic carbocycles. The lowest BCUT2D eigenvalue weighted by molar-refractivity contribution is -0.122. The molecule has 1 aliphatic heterocycles. The zero-order valence-corrected chi connectivity index (χ0v) is 20.8. The zero-order chi connectivity index (χ0) is 25.5. The highest BCUT2D eigenvalue weighted by Gasteiger charge is 2.51. The molecule has 4 rings (SSSR count). The van der Waals surface area contributed by atoms with E-state index in [1.165, 1.54) is 4.31 Å². The Morgan fingerprint density at radius 2 is 1.80 bits per heavy atom. The van der Waals surface area contributed by atoms with Crippen molar-refractivity contribution in [3.05, 3.63) is 70.8 Å². The van der Waals surface area contributed by atoms with Crippen LogP contribution in [0, 0.1) is 17.6 Å². The van der Waals surface area contributed by atoms with Gasteiger partial charge in [0.15, 0.2) is 0 Å². The Labute approximate surface area is 205 Å². The third-order valence-electron chi connectivity index (χ3n) is 7.65. The van der Waals surface area contributed by atoms with Gasteiger partial charge in [-0.2, -0.15) is 4.31 Å². The molecule has 1 aliphatic carbocycles. The number of hydrogen-bond donors (Lipinski definition) is 2. The van der Waals surface area contributed by atoms with Crippen LogP contribution in [0.2, 0.25) is 0 Å². The highest BCUT2D eigenvalue weighted by molar-refractivity contribution is 7.89. The van der Waals surface area contributed by atoms with Crippen molar-refractivity contribution >= 4 is 15.9 Å². The minimum absolute atomic E-state index is 0.00214. The molecule has 2 aromatic rings. The van der Waals surface area contributed by atoms with Gasteiger partial charge in [-0.3, -0.25) is 4.79 Å². The Morgan fingerprint density at radius 1 is 1.14 bits per heavy atom. The molecule has 1 amide bonds. The van der Waals surface area contributed by atoms with E-state index in [2.05, 4.69) is 0 Å². The van der Waals surface area contributed by atoms with Crippen LogP contribution in [0.1, 0.15) is 67.9 Å². The van der Waals surface area contributed by atoms with Gasteiger partial charge in [0.2, 0.25) is 15.9 Å². The van der Waals surface area contributed by atoms with Crippen molar-refractivity contribution in [1.82, 2.24) is 4.31 Å². The maximum Gasteiger partial charge on any atom is 0.221 e. The monoisotopic (exact) mass is 506 g/mol. The van der Waals surface area contributed by atoms with Gasteiger partial charge in [0.1, 0.15) is 16.9 Å². The third kappa shape index (κ3) is 4.73. The first-order valence-corrected chi connectivity index (χ1v) is 13.5. The summed E-state index contributed by atoms with van der Waals surface area (Å²) in [6.45, 7) is 3.42. The molecule has 0 unspecified atom stereocenters. The van der Waals surface area contributed by atoms with Crippen molar-refractivity contribution in [2.75, 3.05) is 0 Å². The van der Waals surface area contributed by atoms with E-state index >= 15 is 8.78 Å². The molecule has 1 saturated heterocycles. The summed E-state index contributed by atoms with van der Waals surface area (Å²) in [6, 6.07) is 10.6. The topological polar surface area (TPSA) is 101 Å². The van der Waals surface area contributed by atoms with Crippen molar-refractivity contribution in [2.45, 2.75) is 75.3 Å². The number of nitrogens with zero attached hydrogens (tertiary/aromatic N) is 1. The molecule has 35 heavy (non-hydrogen) atoms. The molecule has 2 fully saturated rings. The first-order chi connectivity index (χ1) is 16.5. The highest BCUT2D eigenvalue weighted by atomic mass is 32.2. The lowest BCUT2D eigenvalue weighted by Gasteiger charge is -2.50. The van der Waals surface area contributed by atoms with Crippen molar-refractivity contribution in [1.29, 1.82) is 0 Å². The molecule has 1 saturated carbocycles. The maximum atomic E-state index is 15.4. The zero-order valence-electron chi connectivity index (χ0n) is 20.0. The summed E-state index contributed by atoms with van der Waals surface area (Å²) >= 11 is 0. The number of amides is 1. The molecule has 9 heteroatoms. The van der Waals surface area contributed by atoms with E-state index in [0.29, 0.717) is 31.2 Å². The molecular weight excluding hydrogens is 474 g/mol. The predicted octanol–water partition coefficient (Wildman–Crippen LogP) is 3.92. The fourth-order valence-corrected chi connectivity index (χ4v) is 8.04. The average molecular weight is 507 g/mol. The minimum Gasteiger partial charge on any atom is -0.392 e. The standard InChI is InChI=1S/C26H32F2N2O4S/c1-16-13-26(14-16,24(31)12-25(29)32)20-11-21(27)19(10-22(20)28)15-30-17(2)8-9-23(35(30,33)34)18-6-4-3-5-7-18/h3-7,10-11,16-17,23-24,31H,8-9,12-15H2,1-2H3,(H2,29,32)/t16-,17-,23+,24-,26+/m0/s1. The Kier molecular flexibility index (Phi) is 7.05. The maximum absolute atomic E-state index is 15.4. The summed E-state index contributed by atoms with van der Waals surface area (Å²) in [4.78, 5) is 11.4. The van der Waals surface area contributed by atoms with Gasteiger partial charge in [-0.1, -0.05) is 37.3 Å². The second kappa shape index (κ2) is 9.59. The number of sulfonamides is 1. The lowest BCUT2D eigenvalue weighted by atomic mass is 9.55. The molecule has 190 valence electrons. The van der Waals surface area contributed by atoms with E-state index in [1.54, 1.807) is 31.2 Å². The molecule has 0 aromatic heterocycles. The van der Waals surface area contributed by atoms with Crippen molar-refractivity contribution in [3.8, 4) is 0 Å². The van der Waals surface area contributed by atoms with E-state index in [1.807, 2.05) is 13.0 Å². The van der Waals surface area contributed by atoms with Gasteiger partial charge in [-0.15, -0.1) is 0 Å². The van der Waals surface area contributed by atoms with Gasteiger partial charge in [-0.25, -0.2) is 17.2 Å². The summed E-state index contributed by atoms with van der Waals surface area (Å²) in [5.74, 6) is -2.01. The first kappa shape index (κ1) is 25.7. The minimum atomic E-state index is -3.81. The van der Waals surface area contributed by atoms with Crippen molar-refractivity contribution in [2.24, 2.45) is 11.7 Å². The van der Waals surface area contributed by atoms with Gasteiger partial charge in [0.05, 0.1) is 12.5 Å². The molecule has 3 atom stereocenters. The molecule has 0 radical (unpaired) electrons. The molecule has 6 nitrogen and oxygen atoms in total. The van der Waals surface area contributed by atoms with E-state index in [4.69, 9.17) is 5.73 Å². The van der Waals surface area contributed by atoms with Gasteiger partial charge >= 0.3 is 0 Å². The average Bonchev–Trinajstić information content (AvgIpc) is 2.76. The van der Waals surface area contributed by atoms with Crippen LogP contribution in [0.5, 0.6) is 0 Å². The number of aliphatic hydroxyl groups is 1. The smallest absolute Gasteiger partial charge is 0.221 e. The van der Waals surface area contributed by atoms with Crippen LogP contribution in [-0.4, -0.2) is 35.9 Å². The Hall–Kier alpha value is -2.36. The second-order valence-corrected chi connectivity index (χ2v) is 12.3. The summed E-state index contributed by atoms with van der Waals surface area (Å²) in [5.41, 5.74) is 4.76. The number of carbonyl (C=O) groups excluding carboxylic acids is 1. The Balaban J connectivity index is 1.65. The Morgan fingerprint density at radius 3 is 2.40 bits per heavy atom. The fourth-order valence-electron chi connectivity index (χ4n) is 5.85. The van der Waals surface area contributed by atoms with Gasteiger partial charge in [0.25, 0.3) is 0 Å². The van der Waals surface area contributed by atoms with Crippen molar-refractivity contribution in [3.63, 3.8) is 0 Å². The molecule has 1 heterocycles. The van der Waals surface area contributed by atoms with Crippen LogP contribution >= 0.6 is 0 Å². The summed E-state index contributed by atoms with van der Waals surface area (Å²) in [6.07, 6.45) is 0.269. The molecule has 3 N–H and O–H groups in total. The van der Waals surface area contributed by atoms with Crippen LogP contribution in [-0.2, 0) is 26.8 Å². The SMILES string of the molecule is C[C@H]1CC[C@H](c2ccccc2)S(=O)(=O)N1Cc1cc(F)c([C@]2([C@@H](O)CC(N)=O)C[C@@H](C)C2)cc1F. The van der Waals surface area contributed by atoms with E-state index in [-0.39, 0.29) is 36.1 Å². The number of benzene rings is 2. The number of carbonyl (C=O) groups is 1. The highest BCUT2D eigenvalue weighted by Crippen LogP contribution is 2.52. The normalized spacial score (nSPS) is 29.3. The van der Waals surface area contributed by atoms with E-state index in [0.717, 1.165) is 12.1 Å². The second-order valence-electron chi connectivity index (χ2n) is 10.2. The van der Waals surface area contributed by atoms with Crippen molar-refractivity contribution < 1.29 is 27.1 Å². The summed E-state index contributed by atoms with van der Waals surface area (Å²) in [7, 11) is -3.81. The molecule has 0 bridgehead atoms. The number of rotatable bonds is 7. The fraction of sp³-hybridized carbons (Fsp3) is 0.500. The summed E-state index contributed by atoms with van der Waals surface area (Å²) in [5, 5.41) is 9.93. The van der Waals surface area contributed by atoms with Crippen LogP contribution in [0.15, 0.2) is 42.5 Å². The molecular formula is C26H32F2N2O4S. The van der Waals surface area contributed by atoms with Crippen LogP contribution in [0.25, 0.3) is 0 Å². The van der Waals surface area contributed by atoms with E-state index in [9.17, 15) is 18.3 Å². The number of halogens is 2. The quantitative estimate of drug-likeness (QED) is 0.594. The summed E-state index contributed by atoms with van der Waals surface area (Å²) < 4.78 is 58.9. The van der Waals surface area contributed by atoms with Gasteiger partial charge in [0, 0.05) is 23.6 Å². The van der Waals surface area contributed by atoms with Gasteiger partial charge < -0.3 is 10.8 Å². The Bertz CT molecular complexity index is 1200. The van der Waals surface area contributed by atoms with Crippen LogP contribution in [0.4, 0.5) is 8.78 Å². The largest absolute Gasteiger partial charge is 0.392 e.